The molecule has 0 radical (unpaired) electrons. The molecule has 0 aliphatic heterocycles. The van der Waals surface area contributed by atoms with Crippen LogP contribution in [0.2, 0.25) is 0 Å². The first-order valence-corrected chi connectivity index (χ1v) is 6.96. The van der Waals surface area contributed by atoms with Gasteiger partial charge in [-0.3, -0.25) is 0 Å². The van der Waals surface area contributed by atoms with Crippen LogP contribution in [-0.2, 0) is 4.74 Å². The first-order chi connectivity index (χ1) is 9.26. The molecule has 4 heteroatoms. The molecule has 3 nitrogen and oxygen atoms in total. The van der Waals surface area contributed by atoms with Gasteiger partial charge in [-0.2, -0.15) is 0 Å². The second-order valence-electron chi connectivity index (χ2n) is 4.49. The molecule has 0 N–H and O–H groups in total. The molecule has 0 saturated carbocycles. The summed E-state index contributed by atoms with van der Waals surface area (Å²) in [5, 5.41) is 1.17. The van der Waals surface area contributed by atoms with Crippen LogP contribution in [0.15, 0.2) is 30.3 Å². The number of pyridine rings is 1. The SMILES string of the molecule is COCCN(CCCl)c1nc2ccccc2cc1C. The number of methoxy groups -OCH3 is 1. The third-order valence-corrected chi connectivity index (χ3v) is 3.28. The van der Waals surface area contributed by atoms with Crippen molar-refractivity contribution in [2.75, 3.05) is 37.6 Å². The Labute approximate surface area is 119 Å². The lowest BCUT2D eigenvalue weighted by atomic mass is 10.1. The van der Waals surface area contributed by atoms with E-state index in [4.69, 9.17) is 21.3 Å². The van der Waals surface area contributed by atoms with E-state index < -0.39 is 0 Å². The van der Waals surface area contributed by atoms with Crippen LogP contribution >= 0.6 is 11.6 Å². The van der Waals surface area contributed by atoms with Crippen molar-refractivity contribution in [1.82, 2.24) is 4.98 Å². The Hall–Kier alpha value is -1.32. The molecule has 1 aromatic carbocycles. The zero-order chi connectivity index (χ0) is 13.7. The number of ether oxygens (including phenoxy) is 1. The second kappa shape index (κ2) is 6.73. The van der Waals surface area contributed by atoms with Gasteiger partial charge in [0.2, 0.25) is 0 Å². The number of anilines is 1. The van der Waals surface area contributed by atoms with Gasteiger partial charge >= 0.3 is 0 Å². The van der Waals surface area contributed by atoms with Gasteiger partial charge in [-0.05, 0) is 24.6 Å². The van der Waals surface area contributed by atoms with Crippen molar-refractivity contribution >= 4 is 28.3 Å². The van der Waals surface area contributed by atoms with Gasteiger partial charge in [0.05, 0.1) is 12.1 Å². The molecular weight excluding hydrogens is 260 g/mol. The van der Waals surface area contributed by atoms with Gasteiger partial charge in [-0.1, -0.05) is 18.2 Å². The lowest BCUT2D eigenvalue weighted by Crippen LogP contribution is -2.30. The number of hydrogen-bond donors (Lipinski definition) is 0. The summed E-state index contributed by atoms with van der Waals surface area (Å²) in [5.41, 5.74) is 2.18. The van der Waals surface area contributed by atoms with Crippen LogP contribution in [0.3, 0.4) is 0 Å². The lowest BCUT2D eigenvalue weighted by molar-refractivity contribution is 0.205. The molecule has 0 aliphatic rings. The molecule has 2 rings (SSSR count). The number of fused-ring (bicyclic) bond motifs is 1. The van der Waals surface area contributed by atoms with Gasteiger partial charge in [-0.25, -0.2) is 4.98 Å². The quantitative estimate of drug-likeness (QED) is 0.759. The van der Waals surface area contributed by atoms with Crippen molar-refractivity contribution in [3.8, 4) is 0 Å². The number of halogens is 1. The highest BCUT2D eigenvalue weighted by atomic mass is 35.5. The summed E-state index contributed by atoms with van der Waals surface area (Å²) in [5.74, 6) is 1.58. The van der Waals surface area contributed by atoms with E-state index in [1.807, 2.05) is 18.2 Å². The topological polar surface area (TPSA) is 25.4 Å². The Balaban J connectivity index is 2.37. The molecule has 0 aliphatic carbocycles. The minimum atomic E-state index is 0.581. The molecule has 0 atom stereocenters. The summed E-state index contributed by atoms with van der Waals surface area (Å²) in [6.45, 7) is 4.33. The van der Waals surface area contributed by atoms with E-state index in [1.165, 1.54) is 10.9 Å². The number of hydrogen-bond acceptors (Lipinski definition) is 3. The molecule has 0 bridgehead atoms. The fourth-order valence-electron chi connectivity index (χ4n) is 2.16. The minimum absolute atomic E-state index is 0.581. The van der Waals surface area contributed by atoms with E-state index in [0.29, 0.717) is 12.5 Å². The van der Waals surface area contributed by atoms with Crippen LogP contribution in [0, 0.1) is 6.92 Å². The molecule has 0 unspecified atom stereocenters. The molecule has 19 heavy (non-hydrogen) atoms. The Morgan fingerprint density at radius 2 is 2.05 bits per heavy atom. The van der Waals surface area contributed by atoms with Crippen molar-refractivity contribution < 1.29 is 4.74 Å². The molecular formula is C15H19ClN2O. The number of benzene rings is 1. The van der Waals surface area contributed by atoms with Crippen LogP contribution in [0.25, 0.3) is 10.9 Å². The lowest BCUT2D eigenvalue weighted by Gasteiger charge is -2.24. The first-order valence-electron chi connectivity index (χ1n) is 6.42. The fraction of sp³-hybridized carbons (Fsp3) is 0.400. The molecule has 1 heterocycles. The molecule has 0 amide bonds. The van der Waals surface area contributed by atoms with Gasteiger partial charge in [-0.15, -0.1) is 11.6 Å². The van der Waals surface area contributed by atoms with E-state index in [0.717, 1.165) is 24.4 Å². The summed E-state index contributed by atoms with van der Waals surface area (Å²) in [6.07, 6.45) is 0. The molecule has 1 aromatic heterocycles. The standard InChI is InChI=1S/C15H19ClN2O/c1-12-11-13-5-3-4-6-14(13)17-15(12)18(8-7-16)9-10-19-2/h3-6,11H,7-10H2,1-2H3. The van der Waals surface area contributed by atoms with E-state index in [2.05, 4.69) is 24.0 Å². The van der Waals surface area contributed by atoms with Crippen molar-refractivity contribution in [2.45, 2.75) is 6.92 Å². The zero-order valence-electron chi connectivity index (χ0n) is 11.4. The van der Waals surface area contributed by atoms with E-state index >= 15 is 0 Å². The number of nitrogens with zero attached hydrogens (tertiary/aromatic N) is 2. The fourth-order valence-corrected chi connectivity index (χ4v) is 2.36. The van der Waals surface area contributed by atoms with Gasteiger partial charge in [0, 0.05) is 31.5 Å². The summed E-state index contributed by atoms with van der Waals surface area (Å²) in [6, 6.07) is 10.3. The third kappa shape index (κ3) is 3.37. The maximum absolute atomic E-state index is 5.89. The summed E-state index contributed by atoms with van der Waals surface area (Å²) in [7, 11) is 1.71. The summed E-state index contributed by atoms with van der Waals surface area (Å²) >= 11 is 5.89. The molecule has 0 fully saturated rings. The van der Waals surface area contributed by atoms with E-state index in [9.17, 15) is 0 Å². The van der Waals surface area contributed by atoms with Gasteiger partial charge < -0.3 is 9.64 Å². The predicted molar refractivity (Wildman–Crippen MR) is 81.3 cm³/mol. The number of rotatable bonds is 6. The number of aryl methyl sites for hydroxylation is 1. The summed E-state index contributed by atoms with van der Waals surface area (Å²) < 4.78 is 5.15. The van der Waals surface area contributed by atoms with Crippen LogP contribution < -0.4 is 4.90 Å². The zero-order valence-corrected chi connectivity index (χ0v) is 12.2. The van der Waals surface area contributed by atoms with Gasteiger partial charge in [0.25, 0.3) is 0 Å². The van der Waals surface area contributed by atoms with Crippen molar-refractivity contribution in [1.29, 1.82) is 0 Å². The number of aromatic nitrogens is 1. The monoisotopic (exact) mass is 278 g/mol. The van der Waals surface area contributed by atoms with Gasteiger partial charge in [0.1, 0.15) is 5.82 Å². The minimum Gasteiger partial charge on any atom is -0.383 e. The van der Waals surface area contributed by atoms with Crippen molar-refractivity contribution in [3.63, 3.8) is 0 Å². The molecule has 102 valence electrons. The van der Waals surface area contributed by atoms with Crippen LogP contribution in [0.1, 0.15) is 5.56 Å². The molecule has 2 aromatic rings. The van der Waals surface area contributed by atoms with Crippen LogP contribution in [0.4, 0.5) is 5.82 Å². The Kier molecular flexibility index (Phi) is 5.00. The third-order valence-electron chi connectivity index (χ3n) is 3.11. The largest absolute Gasteiger partial charge is 0.383 e. The molecule has 0 spiro atoms. The average molecular weight is 279 g/mol. The molecule has 0 saturated heterocycles. The predicted octanol–water partition coefficient (Wildman–Crippen LogP) is 3.23. The summed E-state index contributed by atoms with van der Waals surface area (Å²) in [4.78, 5) is 6.94. The Morgan fingerprint density at radius 3 is 2.79 bits per heavy atom. The van der Waals surface area contributed by atoms with Crippen LogP contribution in [-0.4, -0.2) is 37.7 Å². The first kappa shape index (κ1) is 14.1. The van der Waals surface area contributed by atoms with E-state index in [-0.39, 0.29) is 0 Å². The Morgan fingerprint density at radius 1 is 1.26 bits per heavy atom. The smallest absolute Gasteiger partial charge is 0.132 e. The Bertz CT molecular complexity index is 545. The normalized spacial score (nSPS) is 10.9. The highest BCUT2D eigenvalue weighted by Gasteiger charge is 2.11. The number of alkyl halides is 1. The average Bonchev–Trinajstić information content (AvgIpc) is 2.43. The van der Waals surface area contributed by atoms with Crippen molar-refractivity contribution in [2.24, 2.45) is 0 Å². The highest BCUT2D eigenvalue weighted by Crippen LogP contribution is 2.22. The maximum Gasteiger partial charge on any atom is 0.132 e. The van der Waals surface area contributed by atoms with Crippen molar-refractivity contribution in [3.05, 3.63) is 35.9 Å². The maximum atomic E-state index is 5.89. The van der Waals surface area contributed by atoms with E-state index in [1.54, 1.807) is 7.11 Å². The highest BCUT2D eigenvalue weighted by molar-refractivity contribution is 6.18. The van der Waals surface area contributed by atoms with Gasteiger partial charge in [0.15, 0.2) is 0 Å². The van der Waals surface area contributed by atoms with Crippen LogP contribution in [0.5, 0.6) is 0 Å². The second-order valence-corrected chi connectivity index (χ2v) is 4.87. The number of para-hydroxylation sites is 1.